The van der Waals surface area contributed by atoms with Gasteiger partial charge in [0, 0.05) is 16.7 Å². The highest BCUT2D eigenvalue weighted by Crippen LogP contribution is 2.17. The van der Waals surface area contributed by atoms with Gasteiger partial charge in [0.25, 0.3) is 5.69 Å². The zero-order valence-electron chi connectivity index (χ0n) is 11.4. The standard InChI is InChI=1S/C15H12ClN3O3/c16-13-7-5-11(6-8-13)10-17-18-15(20)9-12-3-1-2-4-14(12)19(21)22/h1-8,10H,9H2,(H,18,20)/b17-10+. The number of hydrogen-bond acceptors (Lipinski definition) is 4. The summed E-state index contributed by atoms with van der Waals surface area (Å²) in [7, 11) is 0. The number of para-hydroxylation sites is 1. The highest BCUT2D eigenvalue weighted by atomic mass is 35.5. The number of hydrazone groups is 1. The fraction of sp³-hybridized carbons (Fsp3) is 0.0667. The van der Waals surface area contributed by atoms with Crippen LogP contribution in [-0.4, -0.2) is 17.0 Å². The maximum absolute atomic E-state index is 11.8. The quantitative estimate of drug-likeness (QED) is 0.522. The number of benzene rings is 2. The third kappa shape index (κ3) is 4.39. The van der Waals surface area contributed by atoms with Crippen molar-refractivity contribution < 1.29 is 9.72 Å². The summed E-state index contributed by atoms with van der Waals surface area (Å²) in [5.74, 6) is -0.431. The van der Waals surface area contributed by atoms with Crippen LogP contribution < -0.4 is 5.43 Å². The minimum atomic E-state index is -0.514. The van der Waals surface area contributed by atoms with Crippen molar-refractivity contribution >= 4 is 29.4 Å². The second-order valence-corrected chi connectivity index (χ2v) is 4.84. The maximum Gasteiger partial charge on any atom is 0.273 e. The summed E-state index contributed by atoms with van der Waals surface area (Å²) in [6, 6.07) is 13.0. The lowest BCUT2D eigenvalue weighted by Crippen LogP contribution is -2.20. The van der Waals surface area contributed by atoms with Crippen molar-refractivity contribution in [3.8, 4) is 0 Å². The van der Waals surface area contributed by atoms with Gasteiger partial charge in [-0.25, -0.2) is 5.43 Å². The lowest BCUT2D eigenvalue weighted by molar-refractivity contribution is -0.385. The second kappa shape index (κ2) is 7.33. The monoisotopic (exact) mass is 317 g/mol. The summed E-state index contributed by atoms with van der Waals surface area (Å²) < 4.78 is 0. The van der Waals surface area contributed by atoms with E-state index in [-0.39, 0.29) is 12.1 Å². The molecule has 1 amide bonds. The molecule has 22 heavy (non-hydrogen) atoms. The van der Waals surface area contributed by atoms with Crippen LogP contribution in [0.25, 0.3) is 0 Å². The van der Waals surface area contributed by atoms with Crippen LogP contribution in [0.3, 0.4) is 0 Å². The fourth-order valence-electron chi connectivity index (χ4n) is 1.78. The Morgan fingerprint density at radius 1 is 1.23 bits per heavy atom. The van der Waals surface area contributed by atoms with Crippen LogP contribution in [-0.2, 0) is 11.2 Å². The van der Waals surface area contributed by atoms with Gasteiger partial charge in [-0.1, -0.05) is 41.9 Å². The average molecular weight is 318 g/mol. The molecule has 112 valence electrons. The molecule has 2 aromatic carbocycles. The minimum Gasteiger partial charge on any atom is -0.273 e. The van der Waals surface area contributed by atoms with E-state index in [4.69, 9.17) is 11.6 Å². The van der Waals surface area contributed by atoms with E-state index in [0.717, 1.165) is 5.56 Å². The number of carbonyl (C=O) groups is 1. The Bertz CT molecular complexity index is 714. The highest BCUT2D eigenvalue weighted by Gasteiger charge is 2.14. The molecule has 0 heterocycles. The third-order valence-corrected chi connectivity index (χ3v) is 3.06. The van der Waals surface area contributed by atoms with E-state index in [9.17, 15) is 14.9 Å². The zero-order valence-corrected chi connectivity index (χ0v) is 12.2. The molecule has 0 saturated heterocycles. The average Bonchev–Trinajstić information content (AvgIpc) is 2.49. The number of nitrogens with one attached hydrogen (secondary N) is 1. The van der Waals surface area contributed by atoms with Crippen LogP contribution in [0.4, 0.5) is 5.69 Å². The van der Waals surface area contributed by atoms with Crippen molar-refractivity contribution in [2.45, 2.75) is 6.42 Å². The molecule has 2 aromatic rings. The molecule has 0 spiro atoms. The molecule has 0 radical (unpaired) electrons. The molecular weight excluding hydrogens is 306 g/mol. The van der Waals surface area contributed by atoms with E-state index in [2.05, 4.69) is 10.5 Å². The summed E-state index contributed by atoms with van der Waals surface area (Å²) in [6.07, 6.45) is 1.35. The number of hydrogen-bond donors (Lipinski definition) is 1. The first-order valence-corrected chi connectivity index (χ1v) is 6.74. The van der Waals surface area contributed by atoms with Gasteiger partial charge in [0.1, 0.15) is 0 Å². The van der Waals surface area contributed by atoms with Crippen molar-refractivity contribution in [1.82, 2.24) is 5.43 Å². The number of carbonyl (C=O) groups excluding carboxylic acids is 1. The SMILES string of the molecule is O=C(Cc1ccccc1[N+](=O)[O-])N/N=C/c1ccc(Cl)cc1. The molecule has 6 nitrogen and oxygen atoms in total. The van der Waals surface area contributed by atoms with Gasteiger partial charge in [0.15, 0.2) is 0 Å². The molecule has 0 saturated carbocycles. The van der Waals surface area contributed by atoms with Gasteiger partial charge in [0.05, 0.1) is 17.6 Å². The van der Waals surface area contributed by atoms with Gasteiger partial charge in [-0.05, 0) is 17.7 Å². The molecule has 0 bridgehead atoms. The maximum atomic E-state index is 11.8. The largest absolute Gasteiger partial charge is 0.273 e. The van der Waals surface area contributed by atoms with Gasteiger partial charge in [-0.2, -0.15) is 5.10 Å². The summed E-state index contributed by atoms with van der Waals surface area (Å²) in [5.41, 5.74) is 3.36. The molecule has 0 fully saturated rings. The van der Waals surface area contributed by atoms with Crippen molar-refractivity contribution in [2.75, 3.05) is 0 Å². The molecule has 2 rings (SSSR count). The number of nitro groups is 1. The number of nitro benzene ring substituents is 1. The van der Waals surface area contributed by atoms with Crippen LogP contribution in [0.1, 0.15) is 11.1 Å². The van der Waals surface area contributed by atoms with Crippen LogP contribution in [0.2, 0.25) is 5.02 Å². The summed E-state index contributed by atoms with van der Waals surface area (Å²) >= 11 is 5.76. The Morgan fingerprint density at radius 2 is 1.91 bits per heavy atom. The van der Waals surface area contributed by atoms with E-state index >= 15 is 0 Å². The second-order valence-electron chi connectivity index (χ2n) is 4.41. The van der Waals surface area contributed by atoms with Crippen LogP contribution >= 0.6 is 11.6 Å². The molecule has 0 atom stereocenters. The lowest BCUT2D eigenvalue weighted by Gasteiger charge is -2.01. The van der Waals surface area contributed by atoms with Gasteiger partial charge in [-0.15, -0.1) is 0 Å². The smallest absolute Gasteiger partial charge is 0.273 e. The van der Waals surface area contributed by atoms with E-state index in [1.807, 2.05) is 0 Å². The van der Waals surface area contributed by atoms with E-state index < -0.39 is 10.8 Å². The summed E-state index contributed by atoms with van der Waals surface area (Å²) in [4.78, 5) is 22.1. The number of rotatable bonds is 5. The molecular formula is C15H12ClN3O3. The fourth-order valence-corrected chi connectivity index (χ4v) is 1.90. The Hall–Kier alpha value is -2.73. The molecule has 0 unspecified atom stereocenters. The molecule has 1 N–H and O–H groups in total. The number of halogens is 1. The normalized spacial score (nSPS) is 10.6. The Balaban J connectivity index is 1.96. The zero-order chi connectivity index (χ0) is 15.9. The van der Waals surface area contributed by atoms with Crippen molar-refractivity contribution in [2.24, 2.45) is 5.10 Å². The third-order valence-electron chi connectivity index (χ3n) is 2.81. The Kier molecular flexibility index (Phi) is 5.21. The van der Waals surface area contributed by atoms with Crippen molar-refractivity contribution in [3.05, 3.63) is 74.8 Å². The predicted molar refractivity (Wildman–Crippen MR) is 84.0 cm³/mol. The van der Waals surface area contributed by atoms with Gasteiger partial charge < -0.3 is 0 Å². The van der Waals surface area contributed by atoms with Gasteiger partial charge >= 0.3 is 0 Å². The topological polar surface area (TPSA) is 84.6 Å². The Morgan fingerprint density at radius 3 is 2.59 bits per heavy atom. The van der Waals surface area contributed by atoms with E-state index in [1.54, 1.807) is 42.5 Å². The van der Waals surface area contributed by atoms with Crippen LogP contribution in [0, 0.1) is 10.1 Å². The first kappa shape index (κ1) is 15.7. The predicted octanol–water partition coefficient (Wildman–Crippen LogP) is 2.94. The minimum absolute atomic E-state index is 0.0840. The molecule has 0 aliphatic carbocycles. The highest BCUT2D eigenvalue weighted by molar-refractivity contribution is 6.30. The summed E-state index contributed by atoms with van der Waals surface area (Å²) in [6.45, 7) is 0. The van der Waals surface area contributed by atoms with Crippen LogP contribution in [0.5, 0.6) is 0 Å². The lowest BCUT2D eigenvalue weighted by atomic mass is 10.1. The molecule has 0 aliphatic rings. The Labute approximate surface area is 131 Å². The number of amides is 1. The summed E-state index contributed by atoms with van der Waals surface area (Å²) in [5, 5.41) is 15.3. The van der Waals surface area contributed by atoms with E-state index in [1.165, 1.54) is 12.3 Å². The first-order chi connectivity index (χ1) is 10.6. The molecule has 0 aromatic heterocycles. The first-order valence-electron chi connectivity index (χ1n) is 6.36. The number of nitrogens with zero attached hydrogens (tertiary/aromatic N) is 2. The van der Waals surface area contributed by atoms with Gasteiger partial charge in [0.2, 0.25) is 5.91 Å². The van der Waals surface area contributed by atoms with E-state index in [0.29, 0.717) is 10.6 Å². The van der Waals surface area contributed by atoms with Crippen LogP contribution in [0.15, 0.2) is 53.6 Å². The van der Waals surface area contributed by atoms with Crippen molar-refractivity contribution in [1.29, 1.82) is 0 Å². The molecule has 0 aliphatic heterocycles. The van der Waals surface area contributed by atoms with Gasteiger partial charge in [-0.3, -0.25) is 14.9 Å². The molecule has 7 heteroatoms. The van der Waals surface area contributed by atoms with Crippen molar-refractivity contribution in [3.63, 3.8) is 0 Å².